The standard InChI is InChI=1S/C13H20N3O5/c1-13(2,12(15)20)5-4-8(18)16(3)9-7(17)6-21-10(9)11(14)19/h4,9-10H,5-6H2,1-3H3,(H2,14,19)(H2,15,20)/t9?,10-/m0/s1. The molecule has 1 heterocycles. The van der Waals surface area contributed by atoms with Crippen molar-refractivity contribution in [3.8, 4) is 0 Å². The van der Waals surface area contributed by atoms with Gasteiger partial charge < -0.3 is 21.1 Å². The number of Topliss-reactive ketones (excluding diaryl/α,β-unsaturated/α-hetero) is 1. The van der Waals surface area contributed by atoms with Crippen LogP contribution in [0.5, 0.6) is 0 Å². The fraction of sp³-hybridized carbons (Fsp3) is 0.615. The lowest BCUT2D eigenvalue weighted by molar-refractivity contribution is -0.137. The quantitative estimate of drug-likeness (QED) is 0.607. The average Bonchev–Trinajstić information content (AvgIpc) is 2.77. The van der Waals surface area contributed by atoms with E-state index in [2.05, 4.69) is 0 Å². The summed E-state index contributed by atoms with van der Waals surface area (Å²) in [7, 11) is 1.38. The van der Waals surface area contributed by atoms with E-state index >= 15 is 0 Å². The van der Waals surface area contributed by atoms with Gasteiger partial charge in [-0.15, -0.1) is 0 Å². The second-order valence-corrected chi connectivity index (χ2v) is 5.65. The number of nitrogens with two attached hydrogens (primary N) is 2. The number of amides is 3. The van der Waals surface area contributed by atoms with Gasteiger partial charge in [-0.2, -0.15) is 0 Å². The molecule has 1 aliphatic rings. The first-order chi connectivity index (χ1) is 9.58. The van der Waals surface area contributed by atoms with Crippen molar-refractivity contribution in [2.75, 3.05) is 13.7 Å². The molecule has 4 N–H and O–H groups in total. The molecule has 1 aliphatic heterocycles. The third-order valence-electron chi connectivity index (χ3n) is 3.52. The summed E-state index contributed by atoms with van der Waals surface area (Å²) >= 11 is 0. The zero-order chi connectivity index (χ0) is 16.4. The highest BCUT2D eigenvalue weighted by Crippen LogP contribution is 2.23. The Balaban J connectivity index is 2.71. The Labute approximate surface area is 122 Å². The highest BCUT2D eigenvalue weighted by atomic mass is 16.5. The predicted octanol–water partition coefficient (Wildman–Crippen LogP) is -1.63. The van der Waals surface area contributed by atoms with E-state index in [1.165, 1.54) is 13.5 Å². The number of ether oxygens (including phenoxy) is 1. The maximum atomic E-state index is 12.1. The van der Waals surface area contributed by atoms with Crippen molar-refractivity contribution in [3.63, 3.8) is 0 Å². The van der Waals surface area contributed by atoms with Gasteiger partial charge in [0.15, 0.2) is 11.9 Å². The molecule has 1 fully saturated rings. The molecular formula is C13H20N3O5. The van der Waals surface area contributed by atoms with Crippen LogP contribution in [0.2, 0.25) is 0 Å². The zero-order valence-corrected chi connectivity index (χ0v) is 12.3. The van der Waals surface area contributed by atoms with E-state index in [1.807, 2.05) is 0 Å². The fourth-order valence-electron chi connectivity index (χ4n) is 1.90. The van der Waals surface area contributed by atoms with E-state index in [0.29, 0.717) is 0 Å². The minimum atomic E-state index is -1.15. The van der Waals surface area contributed by atoms with Gasteiger partial charge in [0.05, 0.1) is 6.42 Å². The number of hydrogen-bond acceptors (Lipinski definition) is 5. The summed E-state index contributed by atoms with van der Waals surface area (Å²) in [5.74, 6) is -2.23. The Morgan fingerprint density at radius 2 is 1.95 bits per heavy atom. The molecule has 0 aromatic heterocycles. The van der Waals surface area contributed by atoms with Crippen molar-refractivity contribution >= 4 is 23.5 Å². The van der Waals surface area contributed by atoms with Crippen molar-refractivity contribution < 1.29 is 23.9 Å². The molecule has 0 aromatic rings. The van der Waals surface area contributed by atoms with Crippen molar-refractivity contribution in [2.24, 2.45) is 16.9 Å². The molecule has 8 heteroatoms. The summed E-state index contributed by atoms with van der Waals surface area (Å²) in [6.45, 7) is 2.95. The second-order valence-electron chi connectivity index (χ2n) is 5.65. The largest absolute Gasteiger partial charge is 0.369 e. The molecule has 2 atom stereocenters. The molecule has 0 saturated carbocycles. The summed E-state index contributed by atoms with van der Waals surface area (Å²) in [4.78, 5) is 47.3. The first-order valence-corrected chi connectivity index (χ1v) is 6.41. The molecule has 0 aliphatic carbocycles. The average molecular weight is 298 g/mol. The van der Waals surface area contributed by atoms with Crippen LogP contribution in [-0.2, 0) is 23.9 Å². The van der Waals surface area contributed by atoms with Gasteiger partial charge in [-0.05, 0) is 6.42 Å². The molecule has 0 bridgehead atoms. The Morgan fingerprint density at radius 1 is 1.38 bits per heavy atom. The number of ketones is 1. The molecule has 117 valence electrons. The van der Waals surface area contributed by atoms with E-state index in [1.54, 1.807) is 13.8 Å². The predicted molar refractivity (Wildman–Crippen MR) is 72.4 cm³/mol. The van der Waals surface area contributed by atoms with Crippen molar-refractivity contribution in [3.05, 3.63) is 6.42 Å². The molecule has 1 unspecified atom stereocenters. The van der Waals surface area contributed by atoms with E-state index < -0.39 is 41.1 Å². The lowest BCUT2D eigenvalue weighted by Crippen LogP contribution is -2.50. The normalized spacial score (nSPS) is 22.1. The van der Waals surface area contributed by atoms with Gasteiger partial charge in [0.25, 0.3) is 0 Å². The third-order valence-corrected chi connectivity index (χ3v) is 3.52. The van der Waals surface area contributed by atoms with Gasteiger partial charge in [-0.25, -0.2) is 0 Å². The van der Waals surface area contributed by atoms with Crippen LogP contribution in [0.3, 0.4) is 0 Å². The summed E-state index contributed by atoms with van der Waals surface area (Å²) in [5.41, 5.74) is 9.49. The van der Waals surface area contributed by atoms with Crippen LogP contribution in [0, 0.1) is 11.8 Å². The van der Waals surface area contributed by atoms with Crippen molar-refractivity contribution in [2.45, 2.75) is 32.4 Å². The topological polar surface area (TPSA) is 133 Å². The fourth-order valence-corrected chi connectivity index (χ4v) is 1.90. The smallest absolute Gasteiger partial charge is 0.249 e. The molecule has 0 spiro atoms. The Hall–Kier alpha value is -1.96. The monoisotopic (exact) mass is 298 g/mol. The van der Waals surface area contributed by atoms with Crippen LogP contribution in [0.1, 0.15) is 20.3 Å². The van der Waals surface area contributed by atoms with E-state index in [0.717, 1.165) is 4.90 Å². The maximum absolute atomic E-state index is 12.1. The van der Waals surface area contributed by atoms with Crippen molar-refractivity contribution in [1.82, 2.24) is 4.90 Å². The minimum Gasteiger partial charge on any atom is -0.369 e. The van der Waals surface area contributed by atoms with E-state index in [4.69, 9.17) is 16.2 Å². The molecule has 1 saturated heterocycles. The summed E-state index contributed by atoms with van der Waals surface area (Å²) in [5, 5.41) is 0. The van der Waals surface area contributed by atoms with Gasteiger partial charge in [0, 0.05) is 12.5 Å². The lowest BCUT2D eigenvalue weighted by Gasteiger charge is -2.27. The molecule has 1 rings (SSSR count). The molecular weight excluding hydrogens is 278 g/mol. The van der Waals surface area contributed by atoms with Gasteiger partial charge in [0.2, 0.25) is 17.7 Å². The van der Waals surface area contributed by atoms with Crippen LogP contribution in [-0.4, -0.2) is 54.2 Å². The first-order valence-electron chi connectivity index (χ1n) is 6.41. The molecule has 0 aromatic carbocycles. The number of hydrogen-bond donors (Lipinski definition) is 2. The van der Waals surface area contributed by atoms with Crippen LogP contribution in [0.15, 0.2) is 0 Å². The van der Waals surface area contributed by atoms with Gasteiger partial charge in [-0.1, -0.05) is 13.8 Å². The van der Waals surface area contributed by atoms with Crippen LogP contribution < -0.4 is 11.5 Å². The Kier molecular flexibility index (Phi) is 5.06. The number of likely N-dealkylation sites (N-methyl/N-ethyl adjacent to an activating group) is 1. The first kappa shape index (κ1) is 17.1. The Morgan fingerprint density at radius 3 is 2.43 bits per heavy atom. The highest BCUT2D eigenvalue weighted by Gasteiger charge is 2.43. The Bertz CT molecular complexity index is 474. The van der Waals surface area contributed by atoms with Crippen LogP contribution in [0.4, 0.5) is 0 Å². The van der Waals surface area contributed by atoms with Crippen LogP contribution >= 0.6 is 0 Å². The number of carbonyl (C=O) groups is 4. The summed E-state index contributed by atoms with van der Waals surface area (Å²) < 4.78 is 4.99. The lowest BCUT2D eigenvalue weighted by atomic mass is 9.87. The SMILES string of the molecule is CN(C(=O)[CH]CC(C)(C)C(N)=O)C1C(=O)CO[C@@H]1C(N)=O. The van der Waals surface area contributed by atoms with Crippen LogP contribution in [0.25, 0.3) is 0 Å². The summed E-state index contributed by atoms with van der Waals surface area (Å²) in [6.07, 6.45) is 0.229. The number of rotatable bonds is 6. The molecule has 21 heavy (non-hydrogen) atoms. The number of primary amides is 2. The third kappa shape index (κ3) is 3.78. The van der Waals surface area contributed by atoms with Gasteiger partial charge >= 0.3 is 0 Å². The maximum Gasteiger partial charge on any atom is 0.249 e. The second kappa shape index (κ2) is 6.21. The zero-order valence-electron chi connectivity index (χ0n) is 12.3. The molecule has 3 amide bonds. The van der Waals surface area contributed by atoms with Gasteiger partial charge in [-0.3, -0.25) is 19.2 Å². The number of carbonyl (C=O) groups excluding carboxylic acids is 4. The number of nitrogens with zero attached hydrogens (tertiary/aromatic N) is 1. The van der Waals surface area contributed by atoms with Gasteiger partial charge in [0.1, 0.15) is 12.6 Å². The minimum absolute atomic E-state index is 0.120. The van der Waals surface area contributed by atoms with E-state index in [-0.39, 0.29) is 13.0 Å². The van der Waals surface area contributed by atoms with Crippen molar-refractivity contribution in [1.29, 1.82) is 0 Å². The molecule has 8 nitrogen and oxygen atoms in total. The van der Waals surface area contributed by atoms with E-state index in [9.17, 15) is 19.2 Å². The highest BCUT2D eigenvalue weighted by molar-refractivity contribution is 5.99. The summed E-state index contributed by atoms with van der Waals surface area (Å²) in [6, 6.07) is -1.04. The molecule has 1 radical (unpaired) electrons.